The summed E-state index contributed by atoms with van der Waals surface area (Å²) in [7, 11) is 3.30. The summed E-state index contributed by atoms with van der Waals surface area (Å²) in [5.74, 6) is -4.15. The van der Waals surface area contributed by atoms with Gasteiger partial charge < -0.3 is 26.5 Å². The van der Waals surface area contributed by atoms with Crippen molar-refractivity contribution in [2.24, 2.45) is 17.6 Å². The molecule has 0 aromatic heterocycles. The first-order valence-electron chi connectivity index (χ1n) is 13.3. The van der Waals surface area contributed by atoms with E-state index in [1.807, 2.05) is 42.5 Å². The second kappa shape index (κ2) is 9.59. The molecule has 204 valence electrons. The van der Waals surface area contributed by atoms with E-state index in [1.165, 1.54) is 6.08 Å². The molecule has 9 nitrogen and oxygen atoms in total. The van der Waals surface area contributed by atoms with Crippen molar-refractivity contribution in [1.29, 1.82) is 10.7 Å². The van der Waals surface area contributed by atoms with Gasteiger partial charge in [-0.25, -0.2) is 0 Å². The van der Waals surface area contributed by atoms with Crippen LogP contribution in [0.25, 0.3) is 17.2 Å². The zero-order valence-electron chi connectivity index (χ0n) is 23.3. The van der Waals surface area contributed by atoms with Crippen molar-refractivity contribution in [3.05, 3.63) is 87.4 Å². The number of allylic oxidation sites excluding steroid dienone is 2. The molecule has 40 heavy (non-hydrogen) atoms. The molecular formula is C31H30N4O5. The Balaban J connectivity index is 1.72. The molecule has 2 aromatic carbocycles. The van der Waals surface area contributed by atoms with E-state index in [-0.39, 0.29) is 12.0 Å². The number of primary amides is 1. The van der Waals surface area contributed by atoms with Gasteiger partial charge in [0.2, 0.25) is 0 Å². The van der Waals surface area contributed by atoms with E-state index in [2.05, 4.69) is 5.40 Å². The van der Waals surface area contributed by atoms with Crippen LogP contribution in [0, 0.1) is 35.5 Å². The Labute approximate surface area is 233 Å². The third-order valence-electron chi connectivity index (χ3n) is 8.41. The normalized spacial score (nSPS) is 27.4. The maximum Gasteiger partial charge on any atom is 0.254 e. The summed E-state index contributed by atoms with van der Waals surface area (Å²) in [4.78, 5) is 28.1. The standard InChI is InChI=1S/C31H30N4O5/c1-15-9-10-19(17-8-4-6-16(12-17)7-5-11-32)20-13-18-14-21-25(35(2)3)27(37)24(30(34)39)28(33)31(21,40)29(38)23(18)26(36)22(15)20/h4-10,12,18,21,25,33,37-38,40H,13-14H2,1-3H3,(H2,34,39)/b7-5+,33-28-/t18-,21-,25-,31+/m0/s1. The largest absolute Gasteiger partial charge is 0.510 e. The highest BCUT2D eigenvalue weighted by atomic mass is 16.3. The molecule has 0 aliphatic heterocycles. The van der Waals surface area contributed by atoms with Crippen molar-refractivity contribution in [2.45, 2.75) is 31.4 Å². The zero-order valence-corrected chi connectivity index (χ0v) is 22.3. The number of aliphatic hydroxyl groups excluding tert-OH is 2. The number of carbonyl (C=O) groups excluding carboxylic acids is 2. The molecule has 0 bridgehead atoms. The predicted octanol–water partition coefficient (Wildman–Crippen LogP) is 3.38. The first-order chi connectivity index (χ1) is 19.5. The van der Waals surface area contributed by atoms with E-state index < -0.39 is 58.0 Å². The Morgan fingerprint density at radius 2 is 2.05 bits per heavy atom. The molecule has 0 radical (unpaired) electrons. The van der Waals surface area contributed by atoms with Crippen molar-refractivity contribution in [3.63, 3.8) is 0 Å². The Hall–Kier alpha value is -4.52. The van der Waals surface area contributed by atoms with Gasteiger partial charge in [-0.05, 0) is 79.7 Å². The summed E-state index contributed by atoms with van der Waals surface area (Å²) < 4.78 is 7.76. The van der Waals surface area contributed by atoms with E-state index >= 15 is 0 Å². The fourth-order valence-electron chi connectivity index (χ4n) is 6.68. The number of hydrogen-bond donors (Lipinski definition) is 5. The van der Waals surface area contributed by atoms with Gasteiger partial charge in [-0.3, -0.25) is 14.5 Å². The summed E-state index contributed by atoms with van der Waals surface area (Å²) in [5, 5.41) is 47.1. The molecule has 5 rings (SSSR count). The van der Waals surface area contributed by atoms with Gasteiger partial charge in [0.1, 0.15) is 17.1 Å². The quantitative estimate of drug-likeness (QED) is 0.371. The van der Waals surface area contributed by atoms with Crippen LogP contribution in [-0.2, 0) is 11.2 Å². The number of nitrogens with two attached hydrogens (primary N) is 1. The van der Waals surface area contributed by atoms with Gasteiger partial charge in [0.15, 0.2) is 12.8 Å². The summed E-state index contributed by atoms with van der Waals surface area (Å²) in [6.07, 6.45) is 3.61. The van der Waals surface area contributed by atoms with E-state index in [0.717, 1.165) is 22.3 Å². The Morgan fingerprint density at radius 1 is 1.30 bits per heavy atom. The minimum absolute atomic E-state index is 0.00562. The number of ketones is 1. The lowest BCUT2D eigenvalue weighted by atomic mass is 9.58. The van der Waals surface area contributed by atoms with Gasteiger partial charge in [0.05, 0.1) is 17.8 Å². The third-order valence-corrected chi connectivity index (χ3v) is 8.41. The molecule has 0 unspecified atom stereocenters. The molecule has 6 N–H and O–H groups in total. The molecule has 9 heteroatoms. The molecule has 1 amide bonds. The van der Waals surface area contributed by atoms with Crippen LogP contribution in [0.5, 0.6) is 0 Å². The molecule has 2 aromatic rings. The predicted molar refractivity (Wildman–Crippen MR) is 150 cm³/mol. The number of carbonyl (C=O) groups is 2. The number of benzene rings is 2. The number of nitrogens with zero attached hydrogens (tertiary/aromatic N) is 2. The fourth-order valence-corrected chi connectivity index (χ4v) is 6.68. The summed E-state index contributed by atoms with van der Waals surface area (Å²) in [6.45, 7) is 1.80. The number of hydrogen-bond acceptors (Lipinski definition) is 8. The number of aliphatic hydroxyl groups is 3. The van der Waals surface area contributed by atoms with Gasteiger partial charge >= 0.3 is 0 Å². The highest BCUT2D eigenvalue weighted by molar-refractivity contribution is 6.26. The summed E-state index contributed by atoms with van der Waals surface area (Å²) in [5.41, 5.74) is 6.45. The molecule has 0 heterocycles. The maximum absolute atomic E-state index is 14.2. The first-order valence-corrected chi connectivity index (χ1v) is 12.9. The van der Waals surface area contributed by atoms with Crippen LogP contribution in [0.4, 0.5) is 0 Å². The SMILES string of the molecule is [H]/N=C1/C(C(N)=O)=C(O)[C@@H](N(C)C)[C@@H]2C[C@@H]3Cc4c(-c5cccc(/C=C/C#N)c5)ccc(C)c4C(=O)C3=C(O)[C@]12O. The van der Waals surface area contributed by atoms with Crippen LogP contribution in [0.2, 0.25) is 1.41 Å². The molecule has 0 spiro atoms. The number of Topliss-reactive ketones (excluding diaryl/α,β-unsaturated/α-hetero) is 1. The van der Waals surface area contributed by atoms with Gasteiger partial charge in [0, 0.05) is 23.1 Å². The molecule has 0 saturated carbocycles. The molecule has 0 fully saturated rings. The number of aryl methyl sites for hydroxylation is 1. The highest BCUT2D eigenvalue weighted by Crippen LogP contribution is 2.52. The smallest absolute Gasteiger partial charge is 0.254 e. The highest BCUT2D eigenvalue weighted by Gasteiger charge is 2.61. The lowest BCUT2D eigenvalue weighted by Crippen LogP contribution is -2.63. The average molecular weight is 539 g/mol. The van der Waals surface area contributed by atoms with Crippen LogP contribution in [-0.4, -0.2) is 63.4 Å². The number of rotatable bonds is 4. The lowest BCUT2D eigenvalue weighted by molar-refractivity contribution is -0.114. The van der Waals surface area contributed by atoms with Crippen molar-refractivity contribution in [2.75, 3.05) is 14.1 Å². The maximum atomic E-state index is 14.2. The lowest BCUT2D eigenvalue weighted by Gasteiger charge is -2.51. The minimum Gasteiger partial charge on any atom is -0.510 e. The Kier molecular flexibility index (Phi) is 6.17. The van der Waals surface area contributed by atoms with Crippen LogP contribution in [0.15, 0.2) is 65.1 Å². The molecule has 3 aliphatic carbocycles. The molecule has 4 atom stereocenters. The second-order valence-electron chi connectivity index (χ2n) is 10.9. The van der Waals surface area contributed by atoms with Gasteiger partial charge in [-0.15, -0.1) is 0 Å². The number of nitrogens with one attached hydrogen (secondary N) is 1. The number of likely N-dealkylation sites (N-methyl/N-ethyl adjacent to an activating group) is 1. The Morgan fingerprint density at radius 3 is 2.70 bits per heavy atom. The van der Waals surface area contributed by atoms with Crippen LogP contribution in [0.1, 0.15) is 33.5 Å². The summed E-state index contributed by atoms with van der Waals surface area (Å²) >= 11 is 0. The van der Waals surface area contributed by atoms with E-state index in [4.69, 9.17) is 12.4 Å². The van der Waals surface area contributed by atoms with E-state index in [9.17, 15) is 24.9 Å². The minimum atomic E-state index is -2.39. The Bertz CT molecular complexity index is 1660. The van der Waals surface area contributed by atoms with Crippen molar-refractivity contribution in [1.82, 2.24) is 4.90 Å². The van der Waals surface area contributed by atoms with Gasteiger partial charge in [-0.2, -0.15) is 5.26 Å². The van der Waals surface area contributed by atoms with E-state index in [1.54, 1.807) is 32.0 Å². The van der Waals surface area contributed by atoms with Gasteiger partial charge in [-0.1, -0.05) is 30.3 Å². The topological polar surface area (TPSA) is 172 Å². The molecule has 3 aliphatic rings. The van der Waals surface area contributed by atoms with Crippen molar-refractivity contribution < 1.29 is 26.3 Å². The van der Waals surface area contributed by atoms with E-state index in [0.29, 0.717) is 17.5 Å². The van der Waals surface area contributed by atoms with Gasteiger partial charge in [0.25, 0.3) is 5.91 Å². The number of nitriles is 1. The van der Waals surface area contributed by atoms with Crippen LogP contribution < -0.4 is 5.73 Å². The number of fused-ring (bicyclic) bond motifs is 3. The molecule has 0 saturated heterocycles. The third kappa shape index (κ3) is 3.79. The fraction of sp³-hybridized carbons (Fsp3) is 0.290. The zero-order chi connectivity index (χ0) is 29.8. The molecular weight excluding hydrogens is 508 g/mol. The second-order valence-corrected chi connectivity index (χ2v) is 10.9. The number of amides is 1. The first kappa shape index (κ1) is 25.7. The van der Waals surface area contributed by atoms with Crippen LogP contribution in [0.3, 0.4) is 0 Å². The monoisotopic (exact) mass is 538 g/mol. The van der Waals surface area contributed by atoms with Crippen LogP contribution >= 0.6 is 0 Å². The van der Waals surface area contributed by atoms with Crippen molar-refractivity contribution >= 4 is 23.5 Å². The average Bonchev–Trinajstić information content (AvgIpc) is 2.92. The van der Waals surface area contributed by atoms with Crippen molar-refractivity contribution in [3.8, 4) is 17.2 Å². The summed E-state index contributed by atoms with van der Waals surface area (Å²) in [6, 6.07) is 12.4.